The lowest BCUT2D eigenvalue weighted by Crippen LogP contribution is -2.28. The van der Waals surface area contributed by atoms with Crippen LogP contribution in [0.1, 0.15) is 36.6 Å². The highest BCUT2D eigenvalue weighted by atomic mass is 35.5. The summed E-state index contributed by atoms with van der Waals surface area (Å²) in [6.45, 7) is 2.22. The van der Waals surface area contributed by atoms with E-state index < -0.39 is 5.38 Å². The monoisotopic (exact) mass is 290 g/mol. The second-order valence-electron chi connectivity index (χ2n) is 5.50. The molecule has 0 fully saturated rings. The fraction of sp³-hybridized carbons (Fsp3) is 0.438. The van der Waals surface area contributed by atoms with Crippen molar-refractivity contribution in [2.24, 2.45) is 0 Å². The third-order valence-electron chi connectivity index (χ3n) is 3.99. The maximum Gasteiger partial charge on any atom is 0.238 e. The van der Waals surface area contributed by atoms with Gasteiger partial charge in [-0.3, -0.25) is 4.79 Å². The summed E-state index contributed by atoms with van der Waals surface area (Å²) in [6, 6.07) is 6.36. The molecular weight excluding hydrogens is 272 g/mol. The fourth-order valence-corrected chi connectivity index (χ4v) is 2.97. The standard InChI is InChI=1S/C16H19ClN2O/c1-10(17)16(20)18-9-11-6-7-15-13(8-11)12-4-2-3-5-14(12)19-15/h6-8,10,19H,2-5,9H2,1H3,(H,18,20). The van der Waals surface area contributed by atoms with E-state index in [1.165, 1.54) is 35.0 Å². The quantitative estimate of drug-likeness (QED) is 0.837. The Bertz CT molecular complexity index is 645. The van der Waals surface area contributed by atoms with Gasteiger partial charge in [-0.25, -0.2) is 0 Å². The van der Waals surface area contributed by atoms with Gasteiger partial charge in [0, 0.05) is 23.1 Å². The minimum absolute atomic E-state index is 0.122. The Labute approximate surface area is 123 Å². The number of H-pyrrole nitrogens is 1. The Morgan fingerprint density at radius 3 is 3.00 bits per heavy atom. The van der Waals surface area contributed by atoms with Gasteiger partial charge in [0.2, 0.25) is 5.91 Å². The lowest BCUT2D eigenvalue weighted by atomic mass is 9.95. The number of fused-ring (bicyclic) bond motifs is 3. The number of amides is 1. The maximum absolute atomic E-state index is 11.5. The summed E-state index contributed by atoms with van der Waals surface area (Å²) < 4.78 is 0. The van der Waals surface area contributed by atoms with E-state index in [2.05, 4.69) is 28.5 Å². The number of aromatic amines is 1. The molecule has 3 rings (SSSR count). The fourth-order valence-electron chi connectivity index (χ4n) is 2.89. The van der Waals surface area contributed by atoms with Crippen LogP contribution in [0.3, 0.4) is 0 Å². The van der Waals surface area contributed by atoms with E-state index in [9.17, 15) is 4.79 Å². The summed E-state index contributed by atoms with van der Waals surface area (Å²) in [6.07, 6.45) is 4.85. The first-order chi connectivity index (χ1) is 9.65. The van der Waals surface area contributed by atoms with Crippen LogP contribution in [0.4, 0.5) is 0 Å². The van der Waals surface area contributed by atoms with Crippen molar-refractivity contribution in [3.8, 4) is 0 Å². The third-order valence-corrected chi connectivity index (χ3v) is 4.19. The molecule has 0 radical (unpaired) electrons. The Morgan fingerprint density at radius 2 is 2.20 bits per heavy atom. The van der Waals surface area contributed by atoms with Crippen LogP contribution in [0, 0.1) is 0 Å². The second-order valence-corrected chi connectivity index (χ2v) is 6.16. The summed E-state index contributed by atoms with van der Waals surface area (Å²) >= 11 is 5.75. The molecule has 1 atom stereocenters. The molecule has 1 unspecified atom stereocenters. The van der Waals surface area contributed by atoms with Gasteiger partial charge in [-0.1, -0.05) is 6.07 Å². The van der Waals surface area contributed by atoms with E-state index in [1.54, 1.807) is 6.92 Å². The third kappa shape index (κ3) is 2.55. The molecule has 1 aliphatic carbocycles. The van der Waals surface area contributed by atoms with E-state index in [1.807, 2.05) is 0 Å². The SMILES string of the molecule is CC(Cl)C(=O)NCc1ccc2[nH]c3c(c2c1)CCCC3. The number of halogens is 1. The average Bonchev–Trinajstić information content (AvgIpc) is 2.82. The number of hydrogen-bond acceptors (Lipinski definition) is 1. The van der Waals surface area contributed by atoms with Crippen molar-refractivity contribution < 1.29 is 4.79 Å². The smallest absolute Gasteiger partial charge is 0.238 e. The number of aryl methyl sites for hydroxylation is 2. The van der Waals surface area contributed by atoms with Crippen molar-refractivity contribution in [2.45, 2.75) is 44.5 Å². The molecular formula is C16H19ClN2O. The van der Waals surface area contributed by atoms with Crippen LogP contribution in [0.2, 0.25) is 0 Å². The summed E-state index contributed by atoms with van der Waals surface area (Å²) in [4.78, 5) is 15.0. The molecule has 1 aromatic heterocycles. The lowest BCUT2D eigenvalue weighted by Gasteiger charge is -2.11. The van der Waals surface area contributed by atoms with Gasteiger partial charge in [-0.15, -0.1) is 11.6 Å². The van der Waals surface area contributed by atoms with Crippen molar-refractivity contribution in [3.05, 3.63) is 35.0 Å². The first kappa shape index (κ1) is 13.5. The molecule has 4 heteroatoms. The zero-order valence-electron chi connectivity index (χ0n) is 11.6. The van der Waals surface area contributed by atoms with Crippen molar-refractivity contribution in [3.63, 3.8) is 0 Å². The van der Waals surface area contributed by atoms with Crippen LogP contribution in [-0.4, -0.2) is 16.3 Å². The zero-order chi connectivity index (χ0) is 14.1. The van der Waals surface area contributed by atoms with Crippen molar-refractivity contribution in [1.82, 2.24) is 10.3 Å². The lowest BCUT2D eigenvalue weighted by molar-refractivity contribution is -0.120. The predicted octanol–water partition coefficient (Wildman–Crippen LogP) is 3.29. The Balaban J connectivity index is 1.84. The topological polar surface area (TPSA) is 44.9 Å². The molecule has 0 saturated heterocycles. The largest absolute Gasteiger partial charge is 0.358 e. The second kappa shape index (κ2) is 5.49. The molecule has 20 heavy (non-hydrogen) atoms. The molecule has 0 bridgehead atoms. The molecule has 0 aliphatic heterocycles. The van der Waals surface area contributed by atoms with Gasteiger partial charge < -0.3 is 10.3 Å². The van der Waals surface area contributed by atoms with Crippen molar-refractivity contribution in [1.29, 1.82) is 0 Å². The minimum Gasteiger partial charge on any atom is -0.358 e. The maximum atomic E-state index is 11.5. The highest BCUT2D eigenvalue weighted by molar-refractivity contribution is 6.30. The van der Waals surface area contributed by atoms with E-state index >= 15 is 0 Å². The number of rotatable bonds is 3. The Kier molecular flexibility index (Phi) is 3.70. The van der Waals surface area contributed by atoms with Gasteiger partial charge in [-0.2, -0.15) is 0 Å². The number of benzene rings is 1. The van der Waals surface area contributed by atoms with E-state index in [-0.39, 0.29) is 5.91 Å². The number of alkyl halides is 1. The van der Waals surface area contributed by atoms with Crippen LogP contribution in [0.5, 0.6) is 0 Å². The van der Waals surface area contributed by atoms with Crippen LogP contribution in [-0.2, 0) is 24.2 Å². The van der Waals surface area contributed by atoms with Crippen molar-refractivity contribution >= 4 is 28.4 Å². The van der Waals surface area contributed by atoms with Gasteiger partial charge in [0.15, 0.2) is 0 Å². The normalized spacial score (nSPS) is 15.9. The molecule has 0 saturated carbocycles. The van der Waals surface area contributed by atoms with Crippen LogP contribution >= 0.6 is 11.6 Å². The number of carbonyl (C=O) groups excluding carboxylic acids is 1. The molecule has 1 aliphatic rings. The number of carbonyl (C=O) groups is 1. The molecule has 2 aromatic rings. The minimum atomic E-state index is -0.487. The molecule has 1 amide bonds. The number of aromatic nitrogens is 1. The van der Waals surface area contributed by atoms with Crippen LogP contribution < -0.4 is 5.32 Å². The molecule has 0 spiro atoms. The molecule has 106 valence electrons. The first-order valence-corrected chi connectivity index (χ1v) is 7.63. The summed E-state index contributed by atoms with van der Waals surface area (Å²) in [5, 5.41) is 3.68. The Hall–Kier alpha value is -1.48. The molecule has 3 nitrogen and oxygen atoms in total. The highest BCUT2D eigenvalue weighted by Gasteiger charge is 2.15. The summed E-state index contributed by atoms with van der Waals surface area (Å²) in [7, 11) is 0. The molecule has 2 N–H and O–H groups in total. The first-order valence-electron chi connectivity index (χ1n) is 7.19. The predicted molar refractivity (Wildman–Crippen MR) is 82.1 cm³/mol. The average molecular weight is 291 g/mol. The summed E-state index contributed by atoms with van der Waals surface area (Å²) in [5.74, 6) is -0.122. The van der Waals surface area contributed by atoms with Crippen molar-refractivity contribution in [2.75, 3.05) is 0 Å². The van der Waals surface area contributed by atoms with Gasteiger partial charge in [0.1, 0.15) is 5.38 Å². The van der Waals surface area contributed by atoms with Gasteiger partial charge in [0.25, 0.3) is 0 Å². The van der Waals surface area contributed by atoms with Crippen LogP contribution in [0.25, 0.3) is 10.9 Å². The zero-order valence-corrected chi connectivity index (χ0v) is 12.4. The Morgan fingerprint density at radius 1 is 1.40 bits per heavy atom. The molecule has 1 heterocycles. The van der Waals surface area contributed by atoms with E-state index in [0.717, 1.165) is 18.4 Å². The highest BCUT2D eigenvalue weighted by Crippen LogP contribution is 2.29. The van der Waals surface area contributed by atoms with Gasteiger partial charge in [-0.05, 0) is 55.9 Å². The van der Waals surface area contributed by atoms with Gasteiger partial charge >= 0.3 is 0 Å². The number of hydrogen-bond donors (Lipinski definition) is 2. The van der Waals surface area contributed by atoms with Crippen LogP contribution in [0.15, 0.2) is 18.2 Å². The van der Waals surface area contributed by atoms with E-state index in [0.29, 0.717) is 6.54 Å². The summed E-state index contributed by atoms with van der Waals surface area (Å²) in [5.41, 5.74) is 5.18. The number of nitrogens with one attached hydrogen (secondary N) is 2. The molecule has 1 aromatic carbocycles. The van der Waals surface area contributed by atoms with E-state index in [4.69, 9.17) is 11.6 Å². The van der Waals surface area contributed by atoms with Gasteiger partial charge in [0.05, 0.1) is 0 Å².